The molecule has 0 aliphatic carbocycles. The van der Waals surface area contributed by atoms with Gasteiger partial charge in [-0.3, -0.25) is 4.90 Å². The van der Waals surface area contributed by atoms with Gasteiger partial charge in [0, 0.05) is 18.3 Å². The fourth-order valence-corrected chi connectivity index (χ4v) is 2.39. The van der Waals surface area contributed by atoms with Crippen molar-refractivity contribution < 1.29 is 4.74 Å². The number of benzene rings is 1. The Morgan fingerprint density at radius 1 is 1.56 bits per heavy atom. The van der Waals surface area contributed by atoms with Crippen molar-refractivity contribution in [3.63, 3.8) is 0 Å². The number of hydrogen-bond acceptors (Lipinski definition) is 4. The average Bonchev–Trinajstić information content (AvgIpc) is 2.95. The molecule has 0 radical (unpaired) electrons. The molecular weight excluding hydrogens is 228 g/mol. The number of nitrogens with zero attached hydrogens (tertiary/aromatic N) is 2. The van der Waals surface area contributed by atoms with Gasteiger partial charge in [-0.1, -0.05) is 0 Å². The Balaban J connectivity index is 1.77. The van der Waals surface area contributed by atoms with E-state index in [2.05, 4.69) is 21.9 Å². The highest BCUT2D eigenvalue weighted by molar-refractivity contribution is 5.78. The maximum Gasteiger partial charge on any atom is 0.121 e. The van der Waals surface area contributed by atoms with Gasteiger partial charge in [0.2, 0.25) is 0 Å². The van der Waals surface area contributed by atoms with Crippen molar-refractivity contribution in [3.8, 4) is 0 Å². The fraction of sp³-hybridized carbons (Fsp3) is 0.462. The predicted octanol–water partition coefficient (Wildman–Crippen LogP) is 1.37. The third-order valence-corrected chi connectivity index (χ3v) is 3.48. The van der Waals surface area contributed by atoms with Crippen LogP contribution < -0.4 is 5.73 Å². The molecule has 1 aromatic carbocycles. The standard InChI is InChI=1S/C13H18N4O/c1-17(10-4-5-18-8-10)7-13-15-11-3-2-9(14)6-12(11)16-13/h2-3,6,10H,4-5,7-8,14H2,1H3,(H,15,16). The summed E-state index contributed by atoms with van der Waals surface area (Å²) in [4.78, 5) is 10.2. The van der Waals surface area contributed by atoms with E-state index in [-0.39, 0.29) is 0 Å². The van der Waals surface area contributed by atoms with Gasteiger partial charge < -0.3 is 15.5 Å². The molecule has 1 unspecified atom stereocenters. The molecule has 5 nitrogen and oxygen atoms in total. The molecular formula is C13H18N4O. The molecule has 5 heteroatoms. The number of ether oxygens (including phenoxy) is 1. The molecule has 1 atom stereocenters. The van der Waals surface area contributed by atoms with Gasteiger partial charge in [0.15, 0.2) is 0 Å². The van der Waals surface area contributed by atoms with Crippen molar-refractivity contribution in [2.75, 3.05) is 26.0 Å². The zero-order valence-corrected chi connectivity index (χ0v) is 10.5. The number of likely N-dealkylation sites (N-methyl/N-ethyl adjacent to an activating group) is 1. The van der Waals surface area contributed by atoms with Gasteiger partial charge in [0.25, 0.3) is 0 Å². The molecule has 1 aliphatic heterocycles. The van der Waals surface area contributed by atoms with E-state index >= 15 is 0 Å². The molecule has 1 aromatic heterocycles. The molecule has 3 N–H and O–H groups in total. The Kier molecular flexibility index (Phi) is 2.93. The number of aromatic nitrogens is 2. The molecule has 0 spiro atoms. The quantitative estimate of drug-likeness (QED) is 0.803. The maximum absolute atomic E-state index is 5.76. The Bertz CT molecular complexity index is 545. The summed E-state index contributed by atoms with van der Waals surface area (Å²) in [6, 6.07) is 6.25. The maximum atomic E-state index is 5.76. The first-order valence-corrected chi connectivity index (χ1v) is 6.24. The van der Waals surface area contributed by atoms with Crippen molar-refractivity contribution >= 4 is 16.7 Å². The van der Waals surface area contributed by atoms with Crippen molar-refractivity contribution in [1.82, 2.24) is 14.9 Å². The highest BCUT2D eigenvalue weighted by atomic mass is 16.5. The predicted molar refractivity (Wildman–Crippen MR) is 71.2 cm³/mol. The number of nitrogens with two attached hydrogens (primary N) is 1. The summed E-state index contributed by atoms with van der Waals surface area (Å²) >= 11 is 0. The van der Waals surface area contributed by atoms with Crippen LogP contribution in [0.25, 0.3) is 11.0 Å². The van der Waals surface area contributed by atoms with Crippen LogP contribution in [0.5, 0.6) is 0 Å². The van der Waals surface area contributed by atoms with Gasteiger partial charge in [0.1, 0.15) is 5.82 Å². The fourth-order valence-electron chi connectivity index (χ4n) is 2.39. The molecule has 0 amide bonds. The lowest BCUT2D eigenvalue weighted by molar-refractivity contribution is 0.155. The Hall–Kier alpha value is -1.59. The van der Waals surface area contributed by atoms with Gasteiger partial charge in [-0.2, -0.15) is 0 Å². The van der Waals surface area contributed by atoms with E-state index in [0.29, 0.717) is 6.04 Å². The zero-order chi connectivity index (χ0) is 12.5. The van der Waals surface area contributed by atoms with Gasteiger partial charge in [-0.15, -0.1) is 0 Å². The molecule has 96 valence electrons. The molecule has 1 fully saturated rings. The van der Waals surface area contributed by atoms with Crippen LogP contribution >= 0.6 is 0 Å². The second-order valence-electron chi connectivity index (χ2n) is 4.89. The van der Waals surface area contributed by atoms with E-state index in [0.717, 1.165) is 48.7 Å². The molecule has 0 saturated carbocycles. The number of anilines is 1. The topological polar surface area (TPSA) is 67.2 Å². The van der Waals surface area contributed by atoms with Crippen LogP contribution in [-0.4, -0.2) is 41.2 Å². The SMILES string of the molecule is CN(Cc1nc2ccc(N)cc2[nH]1)C1CCOC1. The van der Waals surface area contributed by atoms with E-state index in [1.807, 2.05) is 18.2 Å². The normalized spacial score (nSPS) is 20.0. The number of nitrogens with one attached hydrogen (secondary N) is 1. The van der Waals surface area contributed by atoms with Crippen LogP contribution in [0, 0.1) is 0 Å². The average molecular weight is 246 g/mol. The second-order valence-corrected chi connectivity index (χ2v) is 4.89. The molecule has 1 saturated heterocycles. The van der Waals surface area contributed by atoms with Gasteiger partial charge in [0.05, 0.1) is 24.2 Å². The highest BCUT2D eigenvalue weighted by Crippen LogP contribution is 2.17. The lowest BCUT2D eigenvalue weighted by atomic mass is 10.2. The first kappa shape index (κ1) is 11.5. The van der Waals surface area contributed by atoms with E-state index < -0.39 is 0 Å². The zero-order valence-electron chi connectivity index (χ0n) is 10.5. The molecule has 3 rings (SSSR count). The second kappa shape index (κ2) is 4.59. The summed E-state index contributed by atoms with van der Waals surface area (Å²) in [5, 5.41) is 0. The third kappa shape index (κ3) is 2.19. The minimum absolute atomic E-state index is 0.503. The minimum atomic E-state index is 0.503. The summed E-state index contributed by atoms with van der Waals surface area (Å²) in [6.07, 6.45) is 1.10. The summed E-state index contributed by atoms with van der Waals surface area (Å²) in [6.45, 7) is 2.50. The Labute approximate surface area is 106 Å². The molecule has 1 aliphatic rings. The van der Waals surface area contributed by atoms with Gasteiger partial charge in [-0.25, -0.2) is 4.98 Å². The van der Waals surface area contributed by atoms with Crippen molar-refractivity contribution in [3.05, 3.63) is 24.0 Å². The van der Waals surface area contributed by atoms with Crippen molar-refractivity contribution in [2.24, 2.45) is 0 Å². The number of hydrogen-bond donors (Lipinski definition) is 2. The van der Waals surface area contributed by atoms with Gasteiger partial charge >= 0.3 is 0 Å². The number of fused-ring (bicyclic) bond motifs is 1. The largest absolute Gasteiger partial charge is 0.399 e. The number of imidazole rings is 1. The summed E-state index contributed by atoms with van der Waals surface area (Å²) in [5.41, 5.74) is 8.49. The minimum Gasteiger partial charge on any atom is -0.399 e. The number of nitrogen functional groups attached to an aromatic ring is 1. The smallest absolute Gasteiger partial charge is 0.121 e. The summed E-state index contributed by atoms with van der Waals surface area (Å²) < 4.78 is 5.40. The monoisotopic (exact) mass is 246 g/mol. The van der Waals surface area contributed by atoms with Crippen molar-refractivity contribution in [1.29, 1.82) is 0 Å². The third-order valence-electron chi connectivity index (χ3n) is 3.48. The lowest BCUT2D eigenvalue weighted by Gasteiger charge is -2.21. The van der Waals surface area contributed by atoms with Crippen LogP contribution in [0.2, 0.25) is 0 Å². The molecule has 18 heavy (non-hydrogen) atoms. The van der Waals surface area contributed by atoms with E-state index in [1.54, 1.807) is 0 Å². The van der Waals surface area contributed by atoms with E-state index in [1.165, 1.54) is 0 Å². The van der Waals surface area contributed by atoms with Crippen LogP contribution in [-0.2, 0) is 11.3 Å². The highest BCUT2D eigenvalue weighted by Gasteiger charge is 2.20. The lowest BCUT2D eigenvalue weighted by Crippen LogP contribution is -2.31. The van der Waals surface area contributed by atoms with Gasteiger partial charge in [-0.05, 0) is 31.7 Å². The summed E-state index contributed by atoms with van der Waals surface area (Å²) in [5.74, 6) is 0.977. The van der Waals surface area contributed by atoms with Crippen LogP contribution in [0.3, 0.4) is 0 Å². The molecule has 0 bridgehead atoms. The number of rotatable bonds is 3. The first-order chi connectivity index (χ1) is 8.72. The van der Waals surface area contributed by atoms with Crippen molar-refractivity contribution in [2.45, 2.75) is 19.0 Å². The summed E-state index contributed by atoms with van der Waals surface area (Å²) in [7, 11) is 2.11. The molecule has 2 heterocycles. The van der Waals surface area contributed by atoms with Crippen LogP contribution in [0.1, 0.15) is 12.2 Å². The first-order valence-electron chi connectivity index (χ1n) is 6.24. The molecule has 2 aromatic rings. The Morgan fingerprint density at radius 2 is 2.44 bits per heavy atom. The van der Waals surface area contributed by atoms with E-state index in [4.69, 9.17) is 10.5 Å². The van der Waals surface area contributed by atoms with Crippen LogP contribution in [0.15, 0.2) is 18.2 Å². The van der Waals surface area contributed by atoms with E-state index in [9.17, 15) is 0 Å². The number of H-pyrrole nitrogens is 1. The number of aromatic amines is 1. The van der Waals surface area contributed by atoms with Crippen LogP contribution in [0.4, 0.5) is 5.69 Å². The Morgan fingerprint density at radius 3 is 3.22 bits per heavy atom.